The Kier molecular flexibility index (Phi) is 4.27. The van der Waals surface area contributed by atoms with Gasteiger partial charge in [0.25, 0.3) is 10.0 Å². The summed E-state index contributed by atoms with van der Waals surface area (Å²) in [4.78, 5) is 0.0721. The lowest BCUT2D eigenvalue weighted by Gasteiger charge is -2.12. The van der Waals surface area contributed by atoms with E-state index in [0.717, 1.165) is 12.1 Å². The van der Waals surface area contributed by atoms with Crippen molar-refractivity contribution in [1.29, 1.82) is 0 Å². The molecule has 0 bridgehead atoms. The normalized spacial score (nSPS) is 11.3. The third-order valence-corrected chi connectivity index (χ3v) is 4.44. The minimum Gasteiger partial charge on any atom is -0.326 e. The van der Waals surface area contributed by atoms with E-state index in [4.69, 9.17) is 17.3 Å². The van der Waals surface area contributed by atoms with Gasteiger partial charge in [-0.05, 0) is 29.8 Å². The van der Waals surface area contributed by atoms with Gasteiger partial charge in [0.15, 0.2) is 0 Å². The number of rotatable bonds is 4. The van der Waals surface area contributed by atoms with Crippen LogP contribution in [0.5, 0.6) is 0 Å². The maximum absolute atomic E-state index is 12.9. The van der Waals surface area contributed by atoms with Crippen LogP contribution in [-0.2, 0) is 16.6 Å². The maximum Gasteiger partial charge on any atom is 0.262 e. The van der Waals surface area contributed by atoms with E-state index in [-0.39, 0.29) is 22.2 Å². The van der Waals surface area contributed by atoms with E-state index in [2.05, 4.69) is 4.72 Å². The number of hydrogen-bond acceptors (Lipinski definition) is 3. The Morgan fingerprint density at radius 2 is 1.90 bits per heavy atom. The predicted molar refractivity (Wildman–Crippen MR) is 76.6 cm³/mol. The van der Waals surface area contributed by atoms with Crippen LogP contribution in [0.25, 0.3) is 0 Å². The molecule has 2 aromatic rings. The van der Waals surface area contributed by atoms with E-state index in [0.29, 0.717) is 5.56 Å². The van der Waals surface area contributed by atoms with Crippen LogP contribution in [0.1, 0.15) is 5.56 Å². The van der Waals surface area contributed by atoms with E-state index in [1.807, 2.05) is 0 Å². The van der Waals surface area contributed by atoms with Crippen molar-refractivity contribution in [2.24, 2.45) is 5.73 Å². The van der Waals surface area contributed by atoms with E-state index in [1.165, 1.54) is 12.1 Å². The molecule has 0 saturated heterocycles. The van der Waals surface area contributed by atoms with Crippen LogP contribution in [0.3, 0.4) is 0 Å². The van der Waals surface area contributed by atoms with Gasteiger partial charge in [-0.1, -0.05) is 29.8 Å². The first kappa shape index (κ1) is 14.8. The molecule has 106 valence electrons. The van der Waals surface area contributed by atoms with E-state index in [1.54, 1.807) is 18.2 Å². The van der Waals surface area contributed by atoms with Gasteiger partial charge in [-0.2, -0.15) is 0 Å². The molecule has 0 amide bonds. The molecule has 0 radical (unpaired) electrons. The summed E-state index contributed by atoms with van der Waals surface area (Å²) in [6.07, 6.45) is 0. The van der Waals surface area contributed by atoms with Crippen molar-refractivity contribution in [3.8, 4) is 0 Å². The smallest absolute Gasteiger partial charge is 0.262 e. The van der Waals surface area contributed by atoms with Gasteiger partial charge in [-0.3, -0.25) is 4.72 Å². The topological polar surface area (TPSA) is 72.2 Å². The van der Waals surface area contributed by atoms with Gasteiger partial charge >= 0.3 is 0 Å². The molecule has 7 heteroatoms. The van der Waals surface area contributed by atoms with Gasteiger partial charge in [-0.15, -0.1) is 0 Å². The van der Waals surface area contributed by atoms with Crippen LogP contribution < -0.4 is 10.5 Å². The highest BCUT2D eigenvalue weighted by Crippen LogP contribution is 2.26. The average molecular weight is 315 g/mol. The molecule has 0 heterocycles. The predicted octanol–water partition coefficient (Wildman–Crippen LogP) is 2.74. The summed E-state index contributed by atoms with van der Waals surface area (Å²) in [6, 6.07) is 9.79. The molecule has 2 aromatic carbocycles. The molecule has 3 N–H and O–H groups in total. The molecule has 0 fully saturated rings. The van der Waals surface area contributed by atoms with Crippen molar-refractivity contribution in [3.63, 3.8) is 0 Å². The highest BCUT2D eigenvalue weighted by molar-refractivity contribution is 7.92. The zero-order chi connectivity index (χ0) is 14.8. The Morgan fingerprint density at radius 3 is 2.55 bits per heavy atom. The van der Waals surface area contributed by atoms with E-state index in [9.17, 15) is 12.8 Å². The van der Waals surface area contributed by atoms with Crippen molar-refractivity contribution < 1.29 is 12.8 Å². The molecule has 0 aliphatic rings. The van der Waals surface area contributed by atoms with Crippen molar-refractivity contribution in [1.82, 2.24) is 0 Å². The summed E-state index contributed by atoms with van der Waals surface area (Å²) in [5.74, 6) is -0.541. The monoisotopic (exact) mass is 314 g/mol. The Bertz CT molecular complexity index is 735. The molecule has 0 spiro atoms. The third-order valence-electron chi connectivity index (χ3n) is 2.66. The van der Waals surface area contributed by atoms with Crippen LogP contribution in [-0.4, -0.2) is 8.42 Å². The van der Waals surface area contributed by atoms with Gasteiger partial charge in [0, 0.05) is 6.54 Å². The van der Waals surface area contributed by atoms with E-state index < -0.39 is 15.8 Å². The number of nitrogens with two attached hydrogens (primary N) is 1. The first-order chi connectivity index (χ1) is 9.44. The van der Waals surface area contributed by atoms with Gasteiger partial charge in [0.2, 0.25) is 0 Å². The van der Waals surface area contributed by atoms with Crippen molar-refractivity contribution in [3.05, 3.63) is 58.9 Å². The van der Waals surface area contributed by atoms with Crippen LogP contribution in [0.15, 0.2) is 47.4 Å². The fraction of sp³-hybridized carbons (Fsp3) is 0.0769. The lowest BCUT2D eigenvalue weighted by atomic mass is 10.2. The third kappa shape index (κ3) is 3.09. The largest absolute Gasteiger partial charge is 0.326 e. The van der Waals surface area contributed by atoms with Crippen LogP contribution in [0, 0.1) is 5.82 Å². The zero-order valence-electron chi connectivity index (χ0n) is 10.3. The molecule has 4 nitrogen and oxygen atoms in total. The molecule has 0 saturated carbocycles. The summed E-state index contributed by atoms with van der Waals surface area (Å²) >= 11 is 5.81. The zero-order valence-corrected chi connectivity index (χ0v) is 11.9. The first-order valence-electron chi connectivity index (χ1n) is 5.70. The molecular weight excluding hydrogens is 303 g/mol. The Hall–Kier alpha value is -1.63. The van der Waals surface area contributed by atoms with Crippen molar-refractivity contribution >= 4 is 27.3 Å². The lowest BCUT2D eigenvalue weighted by molar-refractivity contribution is 0.600. The molecule has 0 atom stereocenters. The fourth-order valence-electron chi connectivity index (χ4n) is 1.71. The van der Waals surface area contributed by atoms with Crippen LogP contribution in [0.2, 0.25) is 5.02 Å². The number of nitrogens with one attached hydrogen (secondary N) is 1. The molecule has 0 aliphatic heterocycles. The Balaban J connectivity index is 2.41. The number of sulfonamides is 1. The summed E-state index contributed by atoms with van der Waals surface area (Å²) in [5.41, 5.74) is 6.12. The number of benzene rings is 2. The quantitative estimate of drug-likeness (QED) is 0.911. The maximum atomic E-state index is 12.9. The molecule has 0 aromatic heterocycles. The Morgan fingerprint density at radius 1 is 1.20 bits per heavy atom. The van der Waals surface area contributed by atoms with Crippen molar-refractivity contribution in [2.75, 3.05) is 4.72 Å². The minimum atomic E-state index is -3.83. The average Bonchev–Trinajstić information content (AvgIpc) is 2.42. The first-order valence-corrected chi connectivity index (χ1v) is 7.56. The number of hydrogen-bond donors (Lipinski definition) is 2. The summed E-state index contributed by atoms with van der Waals surface area (Å²) in [5, 5.41) is -0.0150. The standard InChI is InChI=1S/C13H12ClFN2O2S/c14-11-7-10(15)5-6-12(11)17-20(18,19)13-4-2-1-3-9(13)8-16/h1-7,17H,8,16H2. The molecule has 20 heavy (non-hydrogen) atoms. The second-order valence-electron chi connectivity index (χ2n) is 4.04. The second-order valence-corrected chi connectivity index (χ2v) is 6.10. The van der Waals surface area contributed by atoms with Crippen molar-refractivity contribution in [2.45, 2.75) is 11.4 Å². The fourth-order valence-corrected chi connectivity index (χ4v) is 3.31. The summed E-state index contributed by atoms with van der Waals surface area (Å²) in [6.45, 7) is 0.0915. The second kappa shape index (κ2) is 5.78. The molecule has 2 rings (SSSR count). The Labute approximate surface area is 121 Å². The van der Waals surface area contributed by atoms with Gasteiger partial charge in [0.1, 0.15) is 5.82 Å². The molecular formula is C13H12ClFN2O2S. The van der Waals surface area contributed by atoms with Gasteiger partial charge in [-0.25, -0.2) is 12.8 Å². The SMILES string of the molecule is NCc1ccccc1S(=O)(=O)Nc1ccc(F)cc1Cl. The molecule has 0 unspecified atom stereocenters. The summed E-state index contributed by atoms with van der Waals surface area (Å²) in [7, 11) is -3.83. The summed E-state index contributed by atoms with van der Waals surface area (Å²) < 4.78 is 39.9. The van der Waals surface area contributed by atoms with E-state index >= 15 is 0 Å². The highest BCUT2D eigenvalue weighted by Gasteiger charge is 2.18. The molecule has 0 aliphatic carbocycles. The lowest BCUT2D eigenvalue weighted by Crippen LogP contribution is -2.16. The highest BCUT2D eigenvalue weighted by atomic mass is 35.5. The van der Waals surface area contributed by atoms with Gasteiger partial charge < -0.3 is 5.73 Å². The van der Waals surface area contributed by atoms with Crippen LogP contribution >= 0.6 is 11.6 Å². The van der Waals surface area contributed by atoms with Gasteiger partial charge in [0.05, 0.1) is 15.6 Å². The number of halogens is 2. The number of anilines is 1. The minimum absolute atomic E-state index is 0.0150. The van der Waals surface area contributed by atoms with Crippen LogP contribution in [0.4, 0.5) is 10.1 Å².